The minimum Gasteiger partial charge on any atom is -0.313 e. The lowest BCUT2D eigenvalue weighted by Crippen LogP contribution is -2.18. The van der Waals surface area contributed by atoms with Gasteiger partial charge in [0, 0.05) is 29.2 Å². The maximum atomic E-state index is 11.0. The van der Waals surface area contributed by atoms with Gasteiger partial charge >= 0.3 is 0 Å². The summed E-state index contributed by atoms with van der Waals surface area (Å²) in [5.41, 5.74) is -0.0196. The van der Waals surface area contributed by atoms with E-state index >= 15 is 0 Å². The Kier molecular flexibility index (Phi) is 3.15. The van der Waals surface area contributed by atoms with Gasteiger partial charge in [0.1, 0.15) is 0 Å². The third-order valence-corrected chi connectivity index (χ3v) is 1.91. The molecule has 0 saturated heterocycles. The fraction of sp³-hybridized carbons (Fsp3) is 0.286. The van der Waals surface area contributed by atoms with E-state index in [9.17, 15) is 4.79 Å². The molecule has 0 aliphatic rings. The molecule has 1 rings (SSSR count). The van der Waals surface area contributed by atoms with E-state index in [4.69, 9.17) is 11.6 Å². The van der Waals surface area contributed by atoms with Crippen LogP contribution in [0.15, 0.2) is 27.6 Å². The van der Waals surface area contributed by atoms with E-state index in [2.05, 4.69) is 15.9 Å². The van der Waals surface area contributed by atoms with Gasteiger partial charge in [-0.25, -0.2) is 0 Å². The van der Waals surface area contributed by atoms with Crippen molar-refractivity contribution in [2.24, 2.45) is 0 Å². The maximum absolute atomic E-state index is 11.0. The Hall–Kier alpha value is -0.280. The minimum absolute atomic E-state index is 0.0196. The van der Waals surface area contributed by atoms with Crippen LogP contribution in [0.3, 0.4) is 0 Å². The molecule has 0 radical (unpaired) electrons. The van der Waals surface area contributed by atoms with Crippen LogP contribution in [0.5, 0.6) is 0 Å². The van der Waals surface area contributed by atoms with Crippen molar-refractivity contribution < 1.29 is 0 Å². The predicted molar refractivity (Wildman–Crippen MR) is 49.1 cm³/mol. The molecule has 4 heteroatoms. The molecule has 0 aliphatic heterocycles. The minimum atomic E-state index is -0.0196. The molecule has 0 bridgehead atoms. The second kappa shape index (κ2) is 3.93. The predicted octanol–water partition coefficient (Wildman–Crippen LogP) is 1.85. The van der Waals surface area contributed by atoms with Crippen LogP contribution < -0.4 is 5.56 Å². The third kappa shape index (κ3) is 2.34. The summed E-state index contributed by atoms with van der Waals surface area (Å²) < 4.78 is 2.46. The van der Waals surface area contributed by atoms with Crippen molar-refractivity contribution >= 4 is 27.5 Å². The first-order valence-electron chi connectivity index (χ1n) is 3.16. The van der Waals surface area contributed by atoms with E-state index in [-0.39, 0.29) is 5.56 Å². The van der Waals surface area contributed by atoms with Crippen molar-refractivity contribution in [1.29, 1.82) is 0 Å². The summed E-state index contributed by atoms with van der Waals surface area (Å²) in [5.74, 6) is 0.455. The second-order valence-electron chi connectivity index (χ2n) is 2.07. The Morgan fingerprint density at radius 2 is 2.27 bits per heavy atom. The Bertz CT molecular complexity index is 297. The van der Waals surface area contributed by atoms with Gasteiger partial charge < -0.3 is 4.57 Å². The molecule has 0 unspecified atom stereocenters. The molecular weight excluding hydrogens is 229 g/mol. The van der Waals surface area contributed by atoms with Gasteiger partial charge in [-0.05, 0) is 22.0 Å². The Morgan fingerprint density at radius 3 is 2.91 bits per heavy atom. The average Bonchev–Trinajstić information content (AvgIpc) is 1.98. The first kappa shape index (κ1) is 8.81. The monoisotopic (exact) mass is 235 g/mol. The molecule has 2 nitrogen and oxygen atoms in total. The lowest BCUT2D eigenvalue weighted by Gasteiger charge is -2.01. The highest BCUT2D eigenvalue weighted by Crippen LogP contribution is 2.04. The van der Waals surface area contributed by atoms with E-state index in [1.807, 2.05) is 0 Å². The fourth-order valence-electron chi connectivity index (χ4n) is 0.768. The van der Waals surface area contributed by atoms with Crippen molar-refractivity contribution in [3.63, 3.8) is 0 Å². The number of halogens is 2. The van der Waals surface area contributed by atoms with Crippen LogP contribution in [0.4, 0.5) is 0 Å². The quantitative estimate of drug-likeness (QED) is 0.718. The van der Waals surface area contributed by atoms with Gasteiger partial charge in [0.15, 0.2) is 0 Å². The summed E-state index contributed by atoms with van der Waals surface area (Å²) in [7, 11) is 0. The van der Waals surface area contributed by atoms with E-state index in [0.29, 0.717) is 12.4 Å². The zero-order chi connectivity index (χ0) is 8.27. The van der Waals surface area contributed by atoms with Crippen LogP contribution in [0.2, 0.25) is 0 Å². The largest absolute Gasteiger partial charge is 0.313 e. The summed E-state index contributed by atoms with van der Waals surface area (Å²) in [5, 5.41) is 0. The molecule has 1 heterocycles. The summed E-state index contributed by atoms with van der Waals surface area (Å²) in [4.78, 5) is 11.0. The number of aryl methyl sites for hydroxylation is 1. The third-order valence-electron chi connectivity index (χ3n) is 1.27. The number of aromatic nitrogens is 1. The molecule has 0 fully saturated rings. The topological polar surface area (TPSA) is 22.0 Å². The molecule has 0 saturated carbocycles. The van der Waals surface area contributed by atoms with E-state index in [1.54, 1.807) is 16.8 Å². The van der Waals surface area contributed by atoms with Crippen LogP contribution >= 0.6 is 27.5 Å². The molecule has 0 N–H and O–H groups in total. The Balaban J connectivity index is 3.03. The standard InChI is InChI=1S/C7H7BrClNO/c8-6-1-2-7(11)10(5-6)4-3-9/h1-2,5H,3-4H2. The van der Waals surface area contributed by atoms with E-state index < -0.39 is 0 Å². The van der Waals surface area contributed by atoms with Crippen molar-refractivity contribution in [3.05, 3.63) is 33.2 Å². The zero-order valence-electron chi connectivity index (χ0n) is 5.76. The number of rotatable bonds is 2. The smallest absolute Gasteiger partial charge is 0.250 e. The van der Waals surface area contributed by atoms with Gasteiger partial charge in [0.25, 0.3) is 5.56 Å². The molecule has 1 aromatic rings. The molecule has 0 spiro atoms. The highest BCUT2D eigenvalue weighted by Gasteiger charge is 1.94. The highest BCUT2D eigenvalue weighted by molar-refractivity contribution is 9.10. The summed E-state index contributed by atoms with van der Waals surface area (Å²) in [6.45, 7) is 0.555. The van der Waals surface area contributed by atoms with Crippen LogP contribution in [-0.4, -0.2) is 10.4 Å². The van der Waals surface area contributed by atoms with Crippen LogP contribution in [-0.2, 0) is 6.54 Å². The van der Waals surface area contributed by atoms with Crippen LogP contribution in [0.25, 0.3) is 0 Å². The van der Waals surface area contributed by atoms with Crippen molar-refractivity contribution in [3.8, 4) is 0 Å². The molecule has 0 atom stereocenters. The lowest BCUT2D eigenvalue weighted by atomic mass is 10.5. The molecule has 0 aliphatic carbocycles. The van der Waals surface area contributed by atoms with Gasteiger partial charge in [0.05, 0.1) is 0 Å². The Labute approximate surface area is 77.9 Å². The summed E-state index contributed by atoms with van der Waals surface area (Å²) >= 11 is 8.75. The van der Waals surface area contributed by atoms with Crippen molar-refractivity contribution in [2.75, 3.05) is 5.88 Å². The van der Waals surface area contributed by atoms with Crippen LogP contribution in [0, 0.1) is 0 Å². The lowest BCUT2D eigenvalue weighted by molar-refractivity contribution is 0.729. The molecule has 60 valence electrons. The number of pyridine rings is 1. The van der Waals surface area contributed by atoms with Gasteiger partial charge in [-0.1, -0.05) is 0 Å². The van der Waals surface area contributed by atoms with E-state index in [1.165, 1.54) is 6.07 Å². The first-order chi connectivity index (χ1) is 5.24. The fourth-order valence-corrected chi connectivity index (χ4v) is 1.33. The SMILES string of the molecule is O=c1ccc(Br)cn1CCCl. The van der Waals surface area contributed by atoms with Crippen molar-refractivity contribution in [1.82, 2.24) is 4.57 Å². The number of nitrogens with zero attached hydrogens (tertiary/aromatic N) is 1. The zero-order valence-corrected chi connectivity index (χ0v) is 8.10. The number of hydrogen-bond acceptors (Lipinski definition) is 1. The second-order valence-corrected chi connectivity index (χ2v) is 3.36. The molecule has 0 aromatic carbocycles. The van der Waals surface area contributed by atoms with Gasteiger partial charge in [-0.15, -0.1) is 11.6 Å². The van der Waals surface area contributed by atoms with Crippen LogP contribution in [0.1, 0.15) is 0 Å². The molecule has 11 heavy (non-hydrogen) atoms. The summed E-state index contributed by atoms with van der Waals surface area (Å²) in [6, 6.07) is 3.23. The van der Waals surface area contributed by atoms with Crippen molar-refractivity contribution in [2.45, 2.75) is 6.54 Å². The van der Waals surface area contributed by atoms with Gasteiger partial charge in [-0.3, -0.25) is 4.79 Å². The Morgan fingerprint density at radius 1 is 1.55 bits per heavy atom. The highest BCUT2D eigenvalue weighted by atomic mass is 79.9. The van der Waals surface area contributed by atoms with Gasteiger partial charge in [0.2, 0.25) is 0 Å². The molecule has 0 amide bonds. The molecular formula is C7H7BrClNO. The molecule has 1 aromatic heterocycles. The number of hydrogen-bond donors (Lipinski definition) is 0. The van der Waals surface area contributed by atoms with Gasteiger partial charge in [-0.2, -0.15) is 0 Å². The van der Waals surface area contributed by atoms with E-state index in [0.717, 1.165) is 4.47 Å². The normalized spacial score (nSPS) is 10.0. The maximum Gasteiger partial charge on any atom is 0.250 e. The first-order valence-corrected chi connectivity index (χ1v) is 4.49. The number of alkyl halides is 1. The summed E-state index contributed by atoms with van der Waals surface area (Å²) in [6.07, 6.45) is 1.73. The average molecular weight is 236 g/mol.